The van der Waals surface area contributed by atoms with Crippen LogP contribution in [-0.4, -0.2) is 12.1 Å². The van der Waals surface area contributed by atoms with Crippen molar-refractivity contribution in [2.45, 2.75) is 24.6 Å². The van der Waals surface area contributed by atoms with Crippen LogP contribution in [0, 0.1) is 6.07 Å². The van der Waals surface area contributed by atoms with Gasteiger partial charge in [0.25, 0.3) is 0 Å². The molecular formula is C17H12ClF3NO. The average Bonchev–Trinajstić information content (AvgIpc) is 3.30. The zero-order valence-electron chi connectivity index (χ0n) is 11.9. The molecule has 1 radical (unpaired) electrons. The minimum absolute atomic E-state index is 0.207. The molecule has 6 heteroatoms. The third kappa shape index (κ3) is 2.93. The van der Waals surface area contributed by atoms with Gasteiger partial charge in [0, 0.05) is 10.7 Å². The third-order valence-corrected chi connectivity index (χ3v) is 4.19. The summed E-state index contributed by atoms with van der Waals surface area (Å²) >= 11 is 5.85. The predicted molar refractivity (Wildman–Crippen MR) is 81.2 cm³/mol. The molecule has 2 nitrogen and oxygen atoms in total. The Hall–Kier alpha value is -2.01. The van der Waals surface area contributed by atoms with Gasteiger partial charge in [-0.05, 0) is 48.7 Å². The second kappa shape index (κ2) is 5.57. The summed E-state index contributed by atoms with van der Waals surface area (Å²) in [4.78, 5) is 12.9. The highest BCUT2D eigenvalue weighted by molar-refractivity contribution is 6.30. The Bertz CT molecular complexity index is 709. The van der Waals surface area contributed by atoms with Crippen molar-refractivity contribution >= 4 is 23.2 Å². The van der Waals surface area contributed by atoms with Crippen LogP contribution in [0.5, 0.6) is 0 Å². The van der Waals surface area contributed by atoms with Crippen molar-refractivity contribution in [1.29, 1.82) is 0 Å². The lowest BCUT2D eigenvalue weighted by Gasteiger charge is -2.33. The van der Waals surface area contributed by atoms with Crippen molar-refractivity contribution < 1.29 is 18.0 Å². The lowest BCUT2D eigenvalue weighted by atomic mass is 10.0. The monoisotopic (exact) mass is 338 g/mol. The van der Waals surface area contributed by atoms with Gasteiger partial charge >= 0.3 is 12.1 Å². The fourth-order valence-corrected chi connectivity index (χ4v) is 2.86. The predicted octanol–water partition coefficient (Wildman–Crippen LogP) is 4.72. The minimum atomic E-state index is -4.94. The molecule has 1 aliphatic rings. The van der Waals surface area contributed by atoms with Crippen molar-refractivity contribution in [3.8, 4) is 0 Å². The van der Waals surface area contributed by atoms with Crippen molar-refractivity contribution in [3.63, 3.8) is 0 Å². The fourth-order valence-electron chi connectivity index (χ4n) is 2.73. The summed E-state index contributed by atoms with van der Waals surface area (Å²) in [6, 6.07) is 15.2. The second-order valence-electron chi connectivity index (χ2n) is 5.43. The molecule has 3 rings (SSSR count). The molecular weight excluding hydrogens is 327 g/mol. The molecule has 1 amide bonds. The molecule has 0 aromatic heterocycles. The number of nitrogens with zero attached hydrogens (tertiary/aromatic N) is 1. The van der Waals surface area contributed by atoms with E-state index in [9.17, 15) is 18.0 Å². The number of hydrogen-bond donors (Lipinski definition) is 0. The fraction of sp³-hybridized carbons (Fsp3) is 0.235. The van der Waals surface area contributed by atoms with Crippen LogP contribution in [0.1, 0.15) is 18.4 Å². The quantitative estimate of drug-likeness (QED) is 0.792. The number of hydrogen-bond acceptors (Lipinski definition) is 1. The average molecular weight is 339 g/mol. The molecule has 0 saturated heterocycles. The summed E-state index contributed by atoms with van der Waals surface area (Å²) in [5.41, 5.74) is -0.121. The maximum absolute atomic E-state index is 13.1. The van der Waals surface area contributed by atoms with Gasteiger partial charge in [-0.15, -0.1) is 0 Å². The molecule has 0 spiro atoms. The second-order valence-corrected chi connectivity index (χ2v) is 5.87. The molecule has 1 aliphatic carbocycles. The molecule has 0 unspecified atom stereocenters. The van der Waals surface area contributed by atoms with E-state index in [0.717, 1.165) is 4.90 Å². The zero-order chi connectivity index (χ0) is 16.7. The van der Waals surface area contributed by atoms with E-state index in [2.05, 4.69) is 6.07 Å². The highest BCUT2D eigenvalue weighted by atomic mass is 35.5. The van der Waals surface area contributed by atoms with Crippen LogP contribution in [0.2, 0.25) is 5.02 Å². The number of anilines is 1. The van der Waals surface area contributed by atoms with Crippen LogP contribution < -0.4 is 4.90 Å². The number of carbonyl (C=O) groups is 1. The Balaban J connectivity index is 2.09. The summed E-state index contributed by atoms with van der Waals surface area (Å²) in [5.74, 6) is -1.86. The number of halogens is 4. The SMILES string of the molecule is O=C(N(c1cc[c]cc1)C1(c2ccc(Cl)cc2)CC1)C(F)(F)F. The summed E-state index contributed by atoms with van der Waals surface area (Å²) in [6.45, 7) is 0. The topological polar surface area (TPSA) is 20.3 Å². The molecule has 119 valence electrons. The Morgan fingerprint density at radius 2 is 1.65 bits per heavy atom. The summed E-state index contributed by atoms with van der Waals surface area (Å²) in [7, 11) is 0. The van der Waals surface area contributed by atoms with E-state index in [0.29, 0.717) is 23.4 Å². The first kappa shape index (κ1) is 15.9. The molecule has 0 heterocycles. The molecule has 1 saturated carbocycles. The number of carbonyl (C=O) groups excluding carboxylic acids is 1. The largest absolute Gasteiger partial charge is 0.471 e. The molecule has 0 atom stereocenters. The molecule has 1 fully saturated rings. The Kier molecular flexibility index (Phi) is 3.84. The molecule has 0 bridgehead atoms. The van der Waals surface area contributed by atoms with Gasteiger partial charge in [-0.3, -0.25) is 9.69 Å². The van der Waals surface area contributed by atoms with E-state index in [1.54, 1.807) is 24.3 Å². The van der Waals surface area contributed by atoms with Gasteiger partial charge in [-0.25, -0.2) is 0 Å². The number of amides is 1. The minimum Gasteiger partial charge on any atom is -0.294 e. The highest BCUT2D eigenvalue weighted by Crippen LogP contribution is 2.53. The van der Waals surface area contributed by atoms with Gasteiger partial charge in [-0.1, -0.05) is 35.9 Å². The molecule has 0 N–H and O–H groups in total. The van der Waals surface area contributed by atoms with Crippen LogP contribution in [-0.2, 0) is 10.3 Å². The van der Waals surface area contributed by atoms with Crippen molar-refractivity contribution in [3.05, 3.63) is 65.2 Å². The Labute approximate surface area is 136 Å². The first-order valence-electron chi connectivity index (χ1n) is 6.98. The van der Waals surface area contributed by atoms with Gasteiger partial charge in [0.05, 0.1) is 5.54 Å². The van der Waals surface area contributed by atoms with E-state index in [4.69, 9.17) is 11.6 Å². The van der Waals surface area contributed by atoms with Crippen LogP contribution in [0.4, 0.5) is 18.9 Å². The van der Waals surface area contributed by atoms with Crippen LogP contribution in [0.25, 0.3) is 0 Å². The van der Waals surface area contributed by atoms with Crippen LogP contribution in [0.15, 0.2) is 48.5 Å². The van der Waals surface area contributed by atoms with Crippen LogP contribution >= 0.6 is 11.6 Å². The van der Waals surface area contributed by atoms with Crippen molar-refractivity contribution in [2.24, 2.45) is 0 Å². The number of benzene rings is 2. The lowest BCUT2D eigenvalue weighted by molar-refractivity contribution is -0.171. The summed E-state index contributed by atoms with van der Waals surface area (Å²) in [6.07, 6.45) is -4.01. The van der Waals surface area contributed by atoms with Crippen molar-refractivity contribution in [2.75, 3.05) is 4.90 Å². The smallest absolute Gasteiger partial charge is 0.294 e. The van der Waals surface area contributed by atoms with Gasteiger partial charge in [0.1, 0.15) is 0 Å². The highest BCUT2D eigenvalue weighted by Gasteiger charge is 2.57. The number of rotatable bonds is 3. The van der Waals surface area contributed by atoms with Crippen molar-refractivity contribution in [1.82, 2.24) is 0 Å². The summed E-state index contributed by atoms with van der Waals surface area (Å²) < 4.78 is 39.3. The number of alkyl halides is 3. The third-order valence-electron chi connectivity index (χ3n) is 3.94. The van der Waals surface area contributed by atoms with Gasteiger partial charge < -0.3 is 0 Å². The zero-order valence-corrected chi connectivity index (χ0v) is 12.7. The lowest BCUT2D eigenvalue weighted by Crippen LogP contribution is -2.47. The van der Waals surface area contributed by atoms with E-state index in [-0.39, 0.29) is 5.69 Å². The molecule has 2 aromatic carbocycles. The van der Waals surface area contributed by atoms with E-state index in [1.807, 2.05) is 0 Å². The molecule has 2 aromatic rings. The van der Waals surface area contributed by atoms with Gasteiger partial charge in [-0.2, -0.15) is 13.2 Å². The van der Waals surface area contributed by atoms with Crippen LogP contribution in [0.3, 0.4) is 0 Å². The van der Waals surface area contributed by atoms with E-state index < -0.39 is 17.6 Å². The van der Waals surface area contributed by atoms with Gasteiger partial charge in [0.2, 0.25) is 0 Å². The molecule has 23 heavy (non-hydrogen) atoms. The first-order chi connectivity index (χ1) is 10.8. The van der Waals surface area contributed by atoms with E-state index >= 15 is 0 Å². The Morgan fingerprint density at radius 1 is 1.09 bits per heavy atom. The normalized spacial score (nSPS) is 16.0. The van der Waals surface area contributed by atoms with E-state index in [1.165, 1.54) is 24.3 Å². The summed E-state index contributed by atoms with van der Waals surface area (Å²) in [5, 5.41) is 0.493. The Morgan fingerprint density at radius 3 is 2.13 bits per heavy atom. The maximum atomic E-state index is 13.1. The first-order valence-corrected chi connectivity index (χ1v) is 7.36. The maximum Gasteiger partial charge on any atom is 0.471 e. The van der Waals surface area contributed by atoms with Gasteiger partial charge in [0.15, 0.2) is 0 Å². The molecule has 0 aliphatic heterocycles. The standard InChI is InChI=1S/C17H12ClF3NO/c18-13-8-6-12(7-9-13)16(10-11-16)22(15(23)17(19,20)21)14-4-2-1-3-5-14/h2-9H,10-11H2.